The van der Waals surface area contributed by atoms with Crippen molar-refractivity contribution in [3.63, 3.8) is 0 Å². The number of nitrogens with one attached hydrogen (secondary N) is 2. The van der Waals surface area contributed by atoms with Crippen LogP contribution in [0.25, 0.3) is 27.6 Å². The van der Waals surface area contributed by atoms with Gasteiger partial charge in [0.1, 0.15) is 18.8 Å². The second-order valence-corrected chi connectivity index (χ2v) is 19.6. The molecule has 15 nitrogen and oxygen atoms in total. The van der Waals surface area contributed by atoms with Gasteiger partial charge < -0.3 is 34.3 Å². The predicted octanol–water partition coefficient (Wildman–Crippen LogP) is 6.31. The number of carbonyl (C=O) groups is 5. The molecule has 16 heteroatoms. The summed E-state index contributed by atoms with van der Waals surface area (Å²) in [5, 5.41) is 16.9. The minimum absolute atomic E-state index is 0.0584. The molecule has 372 valence electrons. The standard InChI is InChI=1S/C53H70FN7O8/c1-12-39(45(55-14-3)33(7)68-11)47-41-28-52(8,9)31-69-51(66)53(67)20-16-21-61(57-53)50(65)42(56-48(63)46(32(5)6)58(10)49(64)37-19-22-59(30-37)44(62)13-2)26-34-23-35(29-54)25-38(24-34)36-17-18-43(40(41)27-36)60(47)15-4/h12-14,17-18,23-25,27,32-33,37,42,46,57,67H,1-2,15-16,19-22,26,28-31H2,3-11H3,(H,56,63)/b45-39+,55-14?/t33-,37-,42-,46-,53-/m0/s1. The topological polar surface area (TPSA) is 175 Å². The summed E-state index contributed by atoms with van der Waals surface area (Å²) in [4.78, 5) is 77.4. The number of hydrazine groups is 1. The van der Waals surface area contributed by atoms with Crippen molar-refractivity contribution in [1.82, 2.24) is 30.1 Å². The van der Waals surface area contributed by atoms with E-state index in [-0.39, 0.29) is 50.8 Å². The monoisotopic (exact) mass is 952 g/mol. The second kappa shape index (κ2) is 21.8. The highest BCUT2D eigenvalue weighted by molar-refractivity contribution is 5.96. The van der Waals surface area contributed by atoms with Crippen molar-refractivity contribution < 1.29 is 42.9 Å². The number of alkyl halides is 1. The van der Waals surface area contributed by atoms with Gasteiger partial charge in [-0.1, -0.05) is 65.1 Å². The first-order chi connectivity index (χ1) is 32.7. The molecule has 3 aliphatic rings. The number of aryl methyl sites for hydroxylation is 1. The third-order valence-corrected chi connectivity index (χ3v) is 13.6. The van der Waals surface area contributed by atoms with Crippen LogP contribution in [0.1, 0.15) is 90.1 Å². The van der Waals surface area contributed by atoms with Crippen molar-refractivity contribution >= 4 is 52.3 Å². The van der Waals surface area contributed by atoms with E-state index in [1.165, 1.54) is 11.0 Å². The van der Waals surface area contributed by atoms with Gasteiger partial charge in [-0.3, -0.25) is 29.2 Å². The van der Waals surface area contributed by atoms with Gasteiger partial charge in [0.25, 0.3) is 5.91 Å². The van der Waals surface area contributed by atoms with Gasteiger partial charge in [-0.25, -0.2) is 9.18 Å². The van der Waals surface area contributed by atoms with E-state index in [9.17, 15) is 33.5 Å². The highest BCUT2D eigenvalue weighted by atomic mass is 19.1. The summed E-state index contributed by atoms with van der Waals surface area (Å²) in [6.45, 7) is 21.5. The van der Waals surface area contributed by atoms with E-state index >= 15 is 0 Å². The summed E-state index contributed by atoms with van der Waals surface area (Å²) in [5.74, 6) is -3.77. The molecule has 3 N–H and O–H groups in total. The van der Waals surface area contributed by atoms with E-state index in [4.69, 9.17) is 14.5 Å². The van der Waals surface area contributed by atoms with Crippen molar-refractivity contribution in [2.75, 3.05) is 40.4 Å². The number of cyclic esters (lactones) is 1. The third-order valence-electron chi connectivity index (χ3n) is 13.6. The maximum Gasteiger partial charge on any atom is 0.355 e. The molecule has 5 atom stereocenters. The van der Waals surface area contributed by atoms with E-state index in [0.29, 0.717) is 48.3 Å². The zero-order valence-electron chi connectivity index (χ0n) is 41.7. The van der Waals surface area contributed by atoms with E-state index in [2.05, 4.69) is 41.5 Å². The Kier molecular flexibility index (Phi) is 16.5. The molecular weight excluding hydrogens is 882 g/mol. The number of methoxy groups -OCH3 is 1. The number of rotatable bonds is 13. The van der Waals surface area contributed by atoms with Crippen LogP contribution in [0.2, 0.25) is 0 Å². The molecule has 2 aromatic carbocycles. The number of ether oxygens (including phenoxy) is 2. The summed E-state index contributed by atoms with van der Waals surface area (Å²) in [6, 6.07) is 9.05. The molecular formula is C53H70FN7O8. The minimum Gasteiger partial charge on any atom is -0.462 e. The number of aromatic nitrogens is 1. The maximum absolute atomic E-state index is 15.0. The van der Waals surface area contributed by atoms with Gasteiger partial charge in [0, 0.05) is 81.3 Å². The van der Waals surface area contributed by atoms with Crippen molar-refractivity contribution in [2.24, 2.45) is 22.2 Å². The fourth-order valence-corrected chi connectivity index (χ4v) is 10.1. The number of aliphatic imine (C=N–C) groups is 1. The Labute approximate surface area is 405 Å². The molecule has 6 bridgehead atoms. The lowest BCUT2D eigenvalue weighted by molar-refractivity contribution is -0.189. The number of likely N-dealkylation sites (N-methyl/N-ethyl adjacent to an activating group) is 1. The number of likely N-dealkylation sites (tertiary alicyclic amines) is 1. The van der Waals surface area contributed by atoms with E-state index in [1.807, 2.05) is 45.9 Å². The fourth-order valence-electron chi connectivity index (χ4n) is 10.1. The van der Waals surface area contributed by atoms with E-state index in [1.54, 1.807) is 57.3 Å². The number of nitrogens with zero attached hydrogens (tertiary/aromatic N) is 5. The number of carbonyl (C=O) groups excluding carboxylic acids is 5. The molecule has 6 rings (SSSR count). The Morgan fingerprint density at radius 3 is 2.48 bits per heavy atom. The van der Waals surface area contributed by atoms with Crippen LogP contribution < -0.4 is 10.7 Å². The molecule has 0 spiro atoms. The molecule has 3 aromatic rings. The van der Waals surface area contributed by atoms with E-state index in [0.717, 1.165) is 38.3 Å². The number of allylic oxidation sites excluding steroid dienone is 2. The molecule has 4 heterocycles. The number of esters is 1. The first-order valence-corrected chi connectivity index (χ1v) is 23.9. The van der Waals surface area contributed by atoms with Gasteiger partial charge >= 0.3 is 5.97 Å². The zero-order valence-corrected chi connectivity index (χ0v) is 41.7. The molecule has 0 saturated carbocycles. The summed E-state index contributed by atoms with van der Waals surface area (Å²) >= 11 is 0. The Morgan fingerprint density at radius 1 is 1.10 bits per heavy atom. The Hall–Kier alpha value is -5.97. The smallest absolute Gasteiger partial charge is 0.355 e. The highest BCUT2D eigenvalue weighted by Gasteiger charge is 2.46. The average molecular weight is 952 g/mol. The average Bonchev–Trinajstić information content (AvgIpc) is 3.94. The van der Waals surface area contributed by atoms with Crippen LogP contribution in [0.4, 0.5) is 4.39 Å². The minimum atomic E-state index is -2.29. The Bertz CT molecular complexity index is 2550. The lowest BCUT2D eigenvalue weighted by atomic mass is 9.84. The molecule has 2 saturated heterocycles. The molecule has 4 amide bonds. The van der Waals surface area contributed by atoms with Gasteiger partial charge in [-0.05, 0) is 98.0 Å². The van der Waals surface area contributed by atoms with Gasteiger partial charge in [0.2, 0.25) is 23.4 Å². The molecule has 0 radical (unpaired) electrons. The van der Waals surface area contributed by atoms with Crippen molar-refractivity contribution in [2.45, 2.75) is 118 Å². The van der Waals surface area contributed by atoms with Crippen LogP contribution in [0.5, 0.6) is 0 Å². The summed E-state index contributed by atoms with van der Waals surface area (Å²) in [6.07, 6.45) is 5.19. The Balaban J connectivity index is 1.50. The molecule has 2 fully saturated rings. The van der Waals surface area contributed by atoms with Crippen LogP contribution in [0.3, 0.4) is 0 Å². The normalized spacial score (nSPS) is 22.2. The number of halogens is 1. The molecule has 69 heavy (non-hydrogen) atoms. The van der Waals surface area contributed by atoms with Crippen LogP contribution in [-0.4, -0.2) is 125 Å². The van der Waals surface area contributed by atoms with Crippen LogP contribution in [0, 0.1) is 17.3 Å². The van der Waals surface area contributed by atoms with Gasteiger partial charge in [-0.15, -0.1) is 0 Å². The molecule has 3 aliphatic heterocycles. The largest absolute Gasteiger partial charge is 0.462 e. The van der Waals surface area contributed by atoms with Crippen molar-refractivity contribution in [1.29, 1.82) is 0 Å². The van der Waals surface area contributed by atoms with Crippen LogP contribution in [-0.2, 0) is 59.5 Å². The van der Waals surface area contributed by atoms with Crippen molar-refractivity contribution in [3.05, 3.63) is 89.8 Å². The van der Waals surface area contributed by atoms with Gasteiger partial charge in [-0.2, -0.15) is 5.43 Å². The number of fused-ring (bicyclic) bond motifs is 6. The summed E-state index contributed by atoms with van der Waals surface area (Å²) < 4.78 is 29.0. The van der Waals surface area contributed by atoms with Gasteiger partial charge in [0.15, 0.2) is 0 Å². The first kappa shape index (κ1) is 52.4. The van der Waals surface area contributed by atoms with Crippen molar-refractivity contribution in [3.8, 4) is 11.1 Å². The lowest BCUT2D eigenvalue weighted by Crippen LogP contribution is -2.67. The van der Waals surface area contributed by atoms with Gasteiger partial charge in [0.05, 0.1) is 30.0 Å². The number of hydrogen-bond acceptors (Lipinski definition) is 10. The van der Waals surface area contributed by atoms with Crippen LogP contribution >= 0.6 is 0 Å². The fraction of sp³-hybridized carbons (Fsp3) is 0.509. The summed E-state index contributed by atoms with van der Waals surface area (Å²) in [7, 11) is 3.17. The molecule has 0 unspecified atom stereocenters. The highest BCUT2D eigenvalue weighted by Crippen LogP contribution is 2.41. The first-order valence-electron chi connectivity index (χ1n) is 23.9. The predicted molar refractivity (Wildman–Crippen MR) is 265 cm³/mol. The zero-order chi connectivity index (χ0) is 50.5. The second-order valence-electron chi connectivity index (χ2n) is 19.6. The summed E-state index contributed by atoms with van der Waals surface area (Å²) in [5.41, 5.74) is 6.28. The Morgan fingerprint density at radius 2 is 1.84 bits per heavy atom. The lowest BCUT2D eigenvalue weighted by Gasteiger charge is -2.40. The van der Waals surface area contributed by atoms with E-state index < -0.39 is 65.6 Å². The number of aliphatic hydroxyl groups is 1. The molecule has 0 aliphatic carbocycles. The third kappa shape index (κ3) is 11.1. The quantitative estimate of drug-likeness (QED) is 0.0769. The maximum atomic E-state index is 15.0. The number of benzene rings is 2. The van der Waals surface area contributed by atoms with Crippen LogP contribution in [0.15, 0.2) is 72.4 Å². The molecule has 1 aromatic heterocycles. The number of hydrogen-bond donors (Lipinski definition) is 3. The number of amides is 4. The SMILES string of the molecule is C=CC(=O)N1CC[C@H](C(=O)N(C)[C@H](C(=O)N[C@H]2Cc3cc(CF)cc(c3)-c3ccc4c(c3)c(c(/C(C=C)=C(/N=CC)[C@H](C)OC)n4CC)CC(C)(C)COC(=O)[C@@]3(O)CCCN(N3)C2=O)C(C)C)C1.